The normalized spacial score (nSPS) is 26.6. The lowest BCUT2D eigenvalue weighted by atomic mass is 9.67. The van der Waals surface area contributed by atoms with Crippen LogP contribution < -0.4 is 5.32 Å². The van der Waals surface area contributed by atoms with Gasteiger partial charge in [0.05, 0.1) is 11.2 Å². The summed E-state index contributed by atoms with van der Waals surface area (Å²) in [6.07, 6.45) is 4.71. The van der Waals surface area contributed by atoms with Crippen molar-refractivity contribution in [2.45, 2.75) is 51.1 Å². The maximum absolute atomic E-state index is 13.4. The number of carbonyl (C=O) groups excluding carboxylic acids is 1. The smallest absolute Gasteiger partial charge is 0.227 e. The Morgan fingerprint density at radius 3 is 2.72 bits per heavy atom. The number of amides is 1. The summed E-state index contributed by atoms with van der Waals surface area (Å²) in [4.78, 5) is 14.6. The van der Waals surface area contributed by atoms with Crippen LogP contribution in [0.5, 0.6) is 0 Å². The lowest BCUT2D eigenvalue weighted by Gasteiger charge is -2.50. The summed E-state index contributed by atoms with van der Waals surface area (Å²) in [5, 5.41) is 5.18. The van der Waals surface area contributed by atoms with Gasteiger partial charge in [0, 0.05) is 24.0 Å². The van der Waals surface area contributed by atoms with Crippen LogP contribution in [-0.2, 0) is 27.8 Å². The van der Waals surface area contributed by atoms with Gasteiger partial charge in [-0.25, -0.2) is 8.42 Å². The second-order valence-electron chi connectivity index (χ2n) is 8.10. The summed E-state index contributed by atoms with van der Waals surface area (Å²) >= 11 is 1.69. The molecule has 1 aliphatic heterocycles. The number of rotatable bonds is 6. The summed E-state index contributed by atoms with van der Waals surface area (Å²) in [5.41, 5.74) is 0.365. The maximum Gasteiger partial charge on any atom is 0.227 e. The molecule has 0 spiro atoms. The highest BCUT2D eigenvalue weighted by atomic mass is 32.2. The van der Waals surface area contributed by atoms with Gasteiger partial charge in [0.25, 0.3) is 0 Å². The van der Waals surface area contributed by atoms with Gasteiger partial charge in [-0.2, -0.15) is 4.31 Å². The van der Waals surface area contributed by atoms with E-state index >= 15 is 0 Å². The Morgan fingerprint density at radius 1 is 1.14 bits per heavy atom. The molecule has 2 fully saturated rings. The summed E-state index contributed by atoms with van der Waals surface area (Å²) in [6, 6.07) is 13.5. The van der Waals surface area contributed by atoms with Crippen molar-refractivity contribution in [2.24, 2.45) is 5.41 Å². The molecule has 2 atom stereocenters. The van der Waals surface area contributed by atoms with E-state index in [4.69, 9.17) is 0 Å². The number of sulfonamides is 1. The van der Waals surface area contributed by atoms with Gasteiger partial charge in [-0.15, -0.1) is 11.3 Å². The van der Waals surface area contributed by atoms with Crippen molar-refractivity contribution in [3.8, 4) is 0 Å². The Kier molecular flexibility index (Phi) is 6.08. The molecule has 156 valence electrons. The zero-order valence-corrected chi connectivity index (χ0v) is 18.2. The van der Waals surface area contributed by atoms with E-state index in [-0.39, 0.29) is 17.7 Å². The number of carbonyl (C=O) groups is 1. The highest BCUT2D eigenvalue weighted by Gasteiger charge is 2.55. The molecule has 1 saturated heterocycles. The molecule has 4 rings (SSSR count). The van der Waals surface area contributed by atoms with Crippen LogP contribution >= 0.6 is 11.3 Å². The first kappa shape index (κ1) is 20.6. The van der Waals surface area contributed by atoms with Crippen LogP contribution in [0.4, 0.5) is 0 Å². The predicted molar refractivity (Wildman–Crippen MR) is 116 cm³/mol. The van der Waals surface area contributed by atoms with Gasteiger partial charge >= 0.3 is 0 Å². The molecule has 0 bridgehead atoms. The third-order valence-corrected chi connectivity index (χ3v) is 9.12. The standard InChI is InChI=1S/C22H28N2O3S2/c25-21(23-14-11-19-9-6-15-28-19)22-12-5-4-10-20(22)24(29(26,27)16-13-22)17-18-7-2-1-3-8-18/h1-3,6-9,15,20H,4-5,10-14,16-17H2,(H,23,25)/t20-,22-/m1/s1. The number of nitrogens with zero attached hydrogens (tertiary/aromatic N) is 1. The fourth-order valence-electron chi connectivity index (χ4n) is 4.83. The fraction of sp³-hybridized carbons (Fsp3) is 0.500. The first-order chi connectivity index (χ1) is 14.0. The average molecular weight is 433 g/mol. The number of hydrogen-bond acceptors (Lipinski definition) is 4. The van der Waals surface area contributed by atoms with Crippen molar-refractivity contribution in [3.05, 3.63) is 58.3 Å². The van der Waals surface area contributed by atoms with Crippen LogP contribution in [0.15, 0.2) is 47.8 Å². The molecule has 1 aromatic carbocycles. The zero-order chi connectivity index (χ0) is 20.3. The van der Waals surface area contributed by atoms with E-state index in [1.807, 2.05) is 41.8 Å². The van der Waals surface area contributed by atoms with E-state index in [1.165, 1.54) is 4.88 Å². The minimum atomic E-state index is -3.36. The highest BCUT2D eigenvalue weighted by Crippen LogP contribution is 2.47. The van der Waals surface area contributed by atoms with Gasteiger partial charge < -0.3 is 5.32 Å². The number of nitrogens with one attached hydrogen (secondary N) is 1. The molecule has 1 N–H and O–H groups in total. The predicted octanol–water partition coefficient (Wildman–Crippen LogP) is 3.57. The zero-order valence-electron chi connectivity index (χ0n) is 16.5. The molecule has 2 aliphatic rings. The Balaban J connectivity index is 1.54. The number of fused-ring (bicyclic) bond motifs is 1. The molecule has 0 radical (unpaired) electrons. The summed E-state index contributed by atoms with van der Waals surface area (Å²) < 4.78 is 27.6. The van der Waals surface area contributed by atoms with Crippen molar-refractivity contribution < 1.29 is 13.2 Å². The largest absolute Gasteiger partial charge is 0.355 e. The van der Waals surface area contributed by atoms with E-state index in [2.05, 4.69) is 11.4 Å². The first-order valence-electron chi connectivity index (χ1n) is 10.4. The van der Waals surface area contributed by atoms with Crippen LogP contribution in [0.2, 0.25) is 0 Å². The second-order valence-corrected chi connectivity index (χ2v) is 11.2. The Hall–Kier alpha value is -1.70. The number of hydrogen-bond donors (Lipinski definition) is 1. The highest BCUT2D eigenvalue weighted by molar-refractivity contribution is 7.89. The van der Waals surface area contributed by atoms with Gasteiger partial charge in [-0.1, -0.05) is 49.2 Å². The molecule has 1 amide bonds. The third kappa shape index (κ3) is 4.27. The SMILES string of the molecule is O=C(NCCc1cccs1)[C@@]12CCCC[C@H]1N(Cc1ccccc1)S(=O)(=O)CC2. The second kappa shape index (κ2) is 8.58. The van der Waals surface area contributed by atoms with Crippen LogP contribution in [0, 0.1) is 5.41 Å². The van der Waals surface area contributed by atoms with Crippen molar-refractivity contribution in [1.29, 1.82) is 0 Å². The molecule has 1 saturated carbocycles. The van der Waals surface area contributed by atoms with Gasteiger partial charge in [-0.3, -0.25) is 4.79 Å². The van der Waals surface area contributed by atoms with Gasteiger partial charge in [-0.05, 0) is 42.7 Å². The molecule has 2 aromatic rings. The lowest BCUT2D eigenvalue weighted by Crippen LogP contribution is -2.62. The van der Waals surface area contributed by atoms with Crippen LogP contribution in [0.1, 0.15) is 42.5 Å². The summed E-state index contributed by atoms with van der Waals surface area (Å²) in [5.74, 6) is 0.0843. The van der Waals surface area contributed by atoms with E-state index < -0.39 is 15.4 Å². The van der Waals surface area contributed by atoms with E-state index in [0.29, 0.717) is 19.5 Å². The molecular formula is C22H28N2O3S2. The molecule has 2 heterocycles. The van der Waals surface area contributed by atoms with E-state index in [0.717, 1.165) is 37.7 Å². The number of thiophene rings is 1. The minimum absolute atomic E-state index is 0.0340. The Morgan fingerprint density at radius 2 is 1.97 bits per heavy atom. The van der Waals surface area contributed by atoms with Crippen LogP contribution in [-0.4, -0.2) is 37.0 Å². The Labute approximate surface area is 177 Å². The average Bonchev–Trinajstić information content (AvgIpc) is 3.24. The lowest BCUT2D eigenvalue weighted by molar-refractivity contribution is -0.137. The van der Waals surface area contributed by atoms with Crippen LogP contribution in [0.25, 0.3) is 0 Å². The van der Waals surface area contributed by atoms with E-state index in [1.54, 1.807) is 15.6 Å². The molecule has 1 aliphatic carbocycles. The fourth-order valence-corrected chi connectivity index (χ4v) is 7.44. The topological polar surface area (TPSA) is 66.5 Å². The molecule has 0 unspecified atom stereocenters. The monoisotopic (exact) mass is 432 g/mol. The molecule has 29 heavy (non-hydrogen) atoms. The third-order valence-electron chi connectivity index (χ3n) is 6.37. The van der Waals surface area contributed by atoms with Gasteiger partial charge in [0.2, 0.25) is 15.9 Å². The van der Waals surface area contributed by atoms with Crippen molar-refractivity contribution in [1.82, 2.24) is 9.62 Å². The number of benzene rings is 1. The quantitative estimate of drug-likeness (QED) is 0.759. The van der Waals surface area contributed by atoms with E-state index in [9.17, 15) is 13.2 Å². The molecule has 1 aromatic heterocycles. The van der Waals surface area contributed by atoms with Crippen molar-refractivity contribution >= 4 is 27.3 Å². The van der Waals surface area contributed by atoms with Gasteiger partial charge in [0.1, 0.15) is 0 Å². The minimum Gasteiger partial charge on any atom is -0.355 e. The van der Waals surface area contributed by atoms with Crippen molar-refractivity contribution in [2.75, 3.05) is 12.3 Å². The molecular weight excluding hydrogens is 404 g/mol. The first-order valence-corrected chi connectivity index (χ1v) is 12.8. The molecule has 7 heteroatoms. The van der Waals surface area contributed by atoms with Crippen molar-refractivity contribution in [3.63, 3.8) is 0 Å². The van der Waals surface area contributed by atoms with Gasteiger partial charge in [0.15, 0.2) is 0 Å². The molecule has 5 nitrogen and oxygen atoms in total. The Bertz CT molecular complexity index is 928. The summed E-state index contributed by atoms with van der Waals surface area (Å²) in [6.45, 7) is 0.942. The maximum atomic E-state index is 13.4. The summed E-state index contributed by atoms with van der Waals surface area (Å²) in [7, 11) is -3.36. The van der Waals surface area contributed by atoms with Crippen LogP contribution in [0.3, 0.4) is 0 Å².